The predicted octanol–water partition coefficient (Wildman–Crippen LogP) is 2.74. The van der Waals surface area contributed by atoms with Gasteiger partial charge in [0.15, 0.2) is 0 Å². The van der Waals surface area contributed by atoms with Gasteiger partial charge in [-0.2, -0.15) is 13.2 Å². The van der Waals surface area contributed by atoms with E-state index in [1.54, 1.807) is 0 Å². The first-order valence-electron chi connectivity index (χ1n) is 10.8. The molecule has 3 rings (SSSR count). The van der Waals surface area contributed by atoms with E-state index in [1.165, 1.54) is 12.8 Å². The van der Waals surface area contributed by atoms with Gasteiger partial charge in [0.25, 0.3) is 5.91 Å². The van der Waals surface area contributed by atoms with E-state index in [1.807, 2.05) is 51.6 Å². The van der Waals surface area contributed by atoms with Crippen LogP contribution in [0.1, 0.15) is 29.8 Å². The van der Waals surface area contributed by atoms with Crippen molar-refractivity contribution in [2.45, 2.75) is 32.0 Å². The minimum atomic E-state index is -5.08. The van der Waals surface area contributed by atoms with Crippen molar-refractivity contribution in [2.24, 2.45) is 5.92 Å². The lowest BCUT2D eigenvalue weighted by molar-refractivity contribution is -0.192. The Morgan fingerprint density at radius 3 is 2.21 bits per heavy atom. The molecule has 0 saturated heterocycles. The summed E-state index contributed by atoms with van der Waals surface area (Å²) in [6.07, 6.45) is 4.04. The molecule has 0 spiro atoms. The summed E-state index contributed by atoms with van der Waals surface area (Å²) in [7, 11) is 7.91. The molecule has 2 heterocycles. The monoisotopic (exact) mass is 484 g/mol. The summed E-state index contributed by atoms with van der Waals surface area (Å²) >= 11 is 0. The highest BCUT2D eigenvalue weighted by Crippen LogP contribution is 2.32. The van der Waals surface area contributed by atoms with Crippen LogP contribution in [0.5, 0.6) is 0 Å². The Hall–Kier alpha value is -3.15. The molecule has 0 aromatic carbocycles. The Bertz CT molecular complexity index is 954. The number of aliphatic carboxylic acids is 1. The molecule has 0 bridgehead atoms. The van der Waals surface area contributed by atoms with Gasteiger partial charge >= 0.3 is 12.1 Å². The number of nitrogens with one attached hydrogen (secondary N) is 1. The predicted molar refractivity (Wildman–Crippen MR) is 122 cm³/mol. The zero-order valence-corrected chi connectivity index (χ0v) is 19.8. The lowest BCUT2D eigenvalue weighted by Gasteiger charge is -2.11. The summed E-state index contributed by atoms with van der Waals surface area (Å²) in [5, 5.41) is 10.2. The molecular formula is C22H31F3N6O3. The van der Waals surface area contributed by atoms with Gasteiger partial charge in [0, 0.05) is 56.9 Å². The third-order valence-corrected chi connectivity index (χ3v) is 4.96. The van der Waals surface area contributed by atoms with Gasteiger partial charge in [0.1, 0.15) is 5.69 Å². The van der Waals surface area contributed by atoms with Gasteiger partial charge in [-0.25, -0.2) is 14.8 Å². The van der Waals surface area contributed by atoms with Crippen LogP contribution < -0.4 is 10.2 Å². The van der Waals surface area contributed by atoms with Crippen LogP contribution in [-0.4, -0.2) is 83.9 Å². The second-order valence-corrected chi connectivity index (χ2v) is 8.59. The van der Waals surface area contributed by atoms with E-state index in [-0.39, 0.29) is 5.91 Å². The molecule has 188 valence electrons. The lowest BCUT2D eigenvalue weighted by Crippen LogP contribution is -2.28. The molecule has 1 aliphatic rings. The maximum atomic E-state index is 12.7. The summed E-state index contributed by atoms with van der Waals surface area (Å²) in [6, 6.07) is 1.96. The lowest BCUT2D eigenvalue weighted by atomic mass is 10.2. The number of aromatic nitrogens is 3. The molecule has 0 unspecified atom stereocenters. The van der Waals surface area contributed by atoms with Crippen LogP contribution in [0.2, 0.25) is 0 Å². The minimum absolute atomic E-state index is 0.00788. The van der Waals surface area contributed by atoms with E-state index < -0.39 is 12.1 Å². The zero-order chi connectivity index (χ0) is 25.5. The summed E-state index contributed by atoms with van der Waals surface area (Å²) in [4.78, 5) is 34.4. The van der Waals surface area contributed by atoms with Gasteiger partial charge in [0.05, 0.1) is 0 Å². The fourth-order valence-electron chi connectivity index (χ4n) is 2.98. The molecule has 9 nitrogen and oxygen atoms in total. The highest BCUT2D eigenvalue weighted by molar-refractivity contribution is 5.94. The number of hydrogen-bond donors (Lipinski definition) is 2. The van der Waals surface area contributed by atoms with Gasteiger partial charge in [0.2, 0.25) is 5.95 Å². The van der Waals surface area contributed by atoms with Crippen LogP contribution in [0, 0.1) is 5.92 Å². The molecule has 34 heavy (non-hydrogen) atoms. The number of carbonyl (C=O) groups excluding carboxylic acids is 1. The SMILES string of the molecule is CN(C)CCCNC(=O)c1cc(-c2cnc(N(C)C)nc2)cn1CC1CC1.O=C(O)C(F)(F)F. The van der Waals surface area contributed by atoms with E-state index in [2.05, 4.69) is 30.9 Å². The first-order valence-corrected chi connectivity index (χ1v) is 10.8. The van der Waals surface area contributed by atoms with Crippen molar-refractivity contribution in [1.82, 2.24) is 24.8 Å². The summed E-state index contributed by atoms with van der Waals surface area (Å²) < 4.78 is 33.8. The standard InChI is InChI=1S/C20H30N6O.C2HF3O2/c1-24(2)9-5-8-21-19(27)18-10-16(14-26(18)13-15-6-7-15)17-11-22-20(23-12-17)25(3)4;3-2(4,5)1(6)7/h10-12,14-15H,5-9,13H2,1-4H3,(H,21,27);(H,6,7). The fourth-order valence-corrected chi connectivity index (χ4v) is 2.98. The number of carboxylic acids is 1. The Morgan fingerprint density at radius 2 is 1.74 bits per heavy atom. The zero-order valence-electron chi connectivity index (χ0n) is 19.8. The number of amides is 1. The molecule has 2 aromatic heterocycles. The van der Waals surface area contributed by atoms with Gasteiger partial charge in [-0.15, -0.1) is 0 Å². The molecule has 2 aromatic rings. The van der Waals surface area contributed by atoms with Crippen LogP contribution in [0.25, 0.3) is 11.1 Å². The number of carboxylic acid groups (broad SMARTS) is 1. The average molecular weight is 485 g/mol. The maximum absolute atomic E-state index is 12.7. The van der Waals surface area contributed by atoms with Gasteiger partial charge in [-0.1, -0.05) is 0 Å². The number of carbonyl (C=O) groups is 2. The number of anilines is 1. The van der Waals surface area contributed by atoms with E-state index >= 15 is 0 Å². The van der Waals surface area contributed by atoms with E-state index in [9.17, 15) is 18.0 Å². The largest absolute Gasteiger partial charge is 0.490 e. The summed E-state index contributed by atoms with van der Waals surface area (Å²) in [5.41, 5.74) is 2.63. The third-order valence-electron chi connectivity index (χ3n) is 4.96. The van der Waals surface area contributed by atoms with Gasteiger partial charge in [-0.3, -0.25) is 4.79 Å². The van der Waals surface area contributed by atoms with E-state index in [0.29, 0.717) is 18.4 Å². The fraction of sp³-hybridized carbons (Fsp3) is 0.545. The third kappa shape index (κ3) is 8.65. The van der Waals surface area contributed by atoms with E-state index in [4.69, 9.17) is 9.90 Å². The number of nitrogens with zero attached hydrogens (tertiary/aromatic N) is 5. The van der Waals surface area contributed by atoms with Crippen molar-refractivity contribution in [2.75, 3.05) is 46.2 Å². The smallest absolute Gasteiger partial charge is 0.475 e. The highest BCUT2D eigenvalue weighted by atomic mass is 19.4. The topological polar surface area (TPSA) is 104 Å². The molecule has 2 N–H and O–H groups in total. The normalized spacial score (nSPS) is 13.3. The average Bonchev–Trinajstić information content (AvgIpc) is 3.47. The molecule has 1 amide bonds. The Balaban J connectivity index is 0.000000509. The van der Waals surface area contributed by atoms with Crippen LogP contribution in [0.3, 0.4) is 0 Å². The number of hydrogen-bond acceptors (Lipinski definition) is 6. The van der Waals surface area contributed by atoms with Crippen molar-refractivity contribution >= 4 is 17.8 Å². The quantitative estimate of drug-likeness (QED) is 0.528. The van der Waals surface area contributed by atoms with Crippen molar-refractivity contribution in [3.63, 3.8) is 0 Å². The van der Waals surface area contributed by atoms with Gasteiger partial charge in [-0.05, 0) is 51.9 Å². The maximum Gasteiger partial charge on any atom is 0.490 e. The van der Waals surface area contributed by atoms with Crippen molar-refractivity contribution in [3.8, 4) is 11.1 Å². The molecule has 1 aliphatic carbocycles. The van der Waals surface area contributed by atoms with Gasteiger partial charge < -0.3 is 24.8 Å². The first kappa shape index (κ1) is 27.1. The molecule has 0 radical (unpaired) electrons. The van der Waals surface area contributed by atoms with Crippen molar-refractivity contribution in [3.05, 3.63) is 30.4 Å². The number of halogens is 3. The second-order valence-electron chi connectivity index (χ2n) is 8.59. The molecule has 0 aliphatic heterocycles. The Labute approximate surface area is 196 Å². The minimum Gasteiger partial charge on any atom is -0.475 e. The molecule has 1 fully saturated rings. The molecular weight excluding hydrogens is 453 g/mol. The van der Waals surface area contributed by atoms with Crippen molar-refractivity contribution < 1.29 is 27.9 Å². The van der Waals surface area contributed by atoms with Crippen LogP contribution in [0.15, 0.2) is 24.7 Å². The van der Waals surface area contributed by atoms with E-state index in [0.717, 1.165) is 36.3 Å². The summed E-state index contributed by atoms with van der Waals surface area (Å²) in [6.45, 7) is 2.54. The highest BCUT2D eigenvalue weighted by Gasteiger charge is 2.38. The molecule has 1 saturated carbocycles. The Kier molecular flexibility index (Phi) is 9.42. The number of alkyl halides is 3. The second kappa shape index (κ2) is 11.8. The van der Waals surface area contributed by atoms with Crippen molar-refractivity contribution in [1.29, 1.82) is 0 Å². The van der Waals surface area contributed by atoms with Crippen LogP contribution in [-0.2, 0) is 11.3 Å². The van der Waals surface area contributed by atoms with Crippen LogP contribution in [0.4, 0.5) is 19.1 Å². The molecule has 0 atom stereocenters. The molecule has 12 heteroatoms. The van der Waals surface area contributed by atoms with Crippen LogP contribution >= 0.6 is 0 Å². The number of rotatable bonds is 9. The summed E-state index contributed by atoms with van der Waals surface area (Å²) in [5.74, 6) is -1.40. The Morgan fingerprint density at radius 1 is 1.15 bits per heavy atom. The first-order chi connectivity index (χ1) is 15.9.